The largest absolute Gasteiger partial charge is 0.493 e. The second-order valence-electron chi connectivity index (χ2n) is 5.87. The molecular formula is C18H26F2N3O6+. The Balaban J connectivity index is 2.54. The van der Waals surface area contributed by atoms with Gasteiger partial charge < -0.3 is 24.4 Å². The Labute approximate surface area is 167 Å². The van der Waals surface area contributed by atoms with Crippen molar-refractivity contribution in [3.8, 4) is 11.5 Å². The molecule has 1 aromatic rings. The average Bonchev–Trinajstić information content (AvgIpc) is 2.66. The molecule has 0 aliphatic carbocycles. The number of quaternary nitrogens is 1. The van der Waals surface area contributed by atoms with Crippen molar-refractivity contribution in [3.63, 3.8) is 0 Å². The van der Waals surface area contributed by atoms with E-state index < -0.39 is 18.6 Å². The fraction of sp³-hybridized carbons (Fsp3) is 0.500. The first-order valence-electron chi connectivity index (χ1n) is 8.97. The molecule has 1 aromatic carbocycles. The van der Waals surface area contributed by atoms with E-state index in [1.165, 1.54) is 25.3 Å². The van der Waals surface area contributed by atoms with Gasteiger partial charge in [0, 0.05) is 6.54 Å². The second-order valence-corrected chi connectivity index (χ2v) is 5.87. The molecule has 0 saturated carbocycles. The third kappa shape index (κ3) is 9.19. The molecule has 9 nitrogen and oxygen atoms in total. The van der Waals surface area contributed by atoms with Gasteiger partial charge in [0.2, 0.25) is 0 Å². The molecule has 3 amide bonds. The SMILES string of the molecule is CCOC(=O)NC(=O)C[NH+](CC)CC(=O)NCc1ccc(OC(F)F)c(OC)c1. The molecule has 1 rings (SSSR count). The first-order chi connectivity index (χ1) is 13.8. The van der Waals surface area contributed by atoms with Crippen LogP contribution in [0.1, 0.15) is 19.4 Å². The van der Waals surface area contributed by atoms with Gasteiger partial charge in [-0.3, -0.25) is 14.9 Å². The lowest BCUT2D eigenvalue weighted by atomic mass is 10.2. The number of carbonyl (C=O) groups excluding carboxylic acids is 3. The van der Waals surface area contributed by atoms with Gasteiger partial charge in [0.05, 0.1) is 20.3 Å². The van der Waals surface area contributed by atoms with Gasteiger partial charge in [0.25, 0.3) is 11.8 Å². The highest BCUT2D eigenvalue weighted by Gasteiger charge is 2.19. The van der Waals surface area contributed by atoms with Gasteiger partial charge >= 0.3 is 12.7 Å². The highest BCUT2D eigenvalue weighted by Crippen LogP contribution is 2.29. The number of imide groups is 1. The minimum absolute atomic E-state index is 0.0104. The van der Waals surface area contributed by atoms with Crippen LogP contribution in [0.3, 0.4) is 0 Å². The van der Waals surface area contributed by atoms with E-state index in [1.807, 2.05) is 0 Å². The number of hydrogen-bond donors (Lipinski definition) is 3. The Morgan fingerprint density at radius 3 is 2.38 bits per heavy atom. The maximum absolute atomic E-state index is 12.4. The summed E-state index contributed by atoms with van der Waals surface area (Å²) in [5.74, 6) is -0.856. The van der Waals surface area contributed by atoms with Crippen LogP contribution in [-0.4, -0.2) is 57.9 Å². The van der Waals surface area contributed by atoms with Gasteiger partial charge in [-0.1, -0.05) is 6.07 Å². The summed E-state index contributed by atoms with van der Waals surface area (Å²) in [6.07, 6.45) is -0.828. The number of nitrogens with one attached hydrogen (secondary N) is 3. The zero-order valence-corrected chi connectivity index (χ0v) is 16.6. The fourth-order valence-corrected chi connectivity index (χ4v) is 2.37. The van der Waals surface area contributed by atoms with Crippen LogP contribution in [0.5, 0.6) is 11.5 Å². The Hall–Kier alpha value is -2.95. The van der Waals surface area contributed by atoms with Crippen LogP contribution in [0.4, 0.5) is 13.6 Å². The van der Waals surface area contributed by atoms with Crippen molar-refractivity contribution in [1.82, 2.24) is 10.6 Å². The molecule has 0 aliphatic heterocycles. The van der Waals surface area contributed by atoms with Crippen LogP contribution in [-0.2, 0) is 20.9 Å². The summed E-state index contributed by atoms with van der Waals surface area (Å²) >= 11 is 0. The smallest absolute Gasteiger partial charge is 0.414 e. The maximum atomic E-state index is 12.4. The van der Waals surface area contributed by atoms with Crippen LogP contribution in [0.15, 0.2) is 18.2 Å². The zero-order chi connectivity index (χ0) is 21.8. The van der Waals surface area contributed by atoms with Crippen LogP contribution < -0.4 is 25.0 Å². The van der Waals surface area contributed by atoms with E-state index >= 15 is 0 Å². The number of halogens is 2. The number of hydrogen-bond acceptors (Lipinski definition) is 6. The molecule has 162 valence electrons. The lowest BCUT2D eigenvalue weighted by Crippen LogP contribution is -3.14. The standard InChI is InChI=1S/C18H25F2N3O6/c1-4-23(11-16(25)22-18(26)28-5-2)10-15(24)21-9-12-6-7-13(29-17(19)20)14(8-12)27-3/h6-8,17H,4-5,9-11H2,1-3H3,(H,21,24)(H,22,25,26)/p+1. The minimum Gasteiger partial charge on any atom is -0.493 e. The predicted octanol–water partition coefficient (Wildman–Crippen LogP) is 0.0903. The number of alkyl carbamates (subject to hydrolysis) is 1. The number of carbonyl (C=O) groups is 3. The number of methoxy groups -OCH3 is 1. The molecule has 0 fully saturated rings. The first-order valence-corrected chi connectivity index (χ1v) is 8.97. The van der Waals surface area contributed by atoms with Crippen molar-refractivity contribution in [2.24, 2.45) is 0 Å². The van der Waals surface area contributed by atoms with Crippen molar-refractivity contribution < 1.29 is 42.3 Å². The van der Waals surface area contributed by atoms with E-state index in [0.29, 0.717) is 17.0 Å². The Morgan fingerprint density at radius 1 is 1.10 bits per heavy atom. The molecule has 1 unspecified atom stereocenters. The maximum Gasteiger partial charge on any atom is 0.414 e. The van der Waals surface area contributed by atoms with Crippen LogP contribution >= 0.6 is 0 Å². The van der Waals surface area contributed by atoms with E-state index in [9.17, 15) is 23.2 Å². The third-order valence-electron chi connectivity index (χ3n) is 3.77. The van der Waals surface area contributed by atoms with Gasteiger partial charge in [-0.05, 0) is 31.5 Å². The molecule has 0 aliphatic rings. The van der Waals surface area contributed by atoms with Crippen LogP contribution in [0, 0.1) is 0 Å². The topological polar surface area (TPSA) is 107 Å². The Kier molecular flexibility index (Phi) is 10.4. The summed E-state index contributed by atoms with van der Waals surface area (Å²) < 4.78 is 38.7. The summed E-state index contributed by atoms with van der Waals surface area (Å²) in [4.78, 5) is 35.8. The van der Waals surface area contributed by atoms with Crippen molar-refractivity contribution in [1.29, 1.82) is 0 Å². The summed E-state index contributed by atoms with van der Waals surface area (Å²) in [6, 6.07) is 4.34. The molecule has 3 N–H and O–H groups in total. The summed E-state index contributed by atoms with van der Waals surface area (Å²) in [6.45, 7) is 1.14. The Bertz CT molecular complexity index is 702. The monoisotopic (exact) mass is 418 g/mol. The van der Waals surface area contributed by atoms with Crippen molar-refractivity contribution in [2.75, 3.05) is 33.4 Å². The van der Waals surface area contributed by atoms with E-state index in [-0.39, 0.29) is 43.6 Å². The predicted molar refractivity (Wildman–Crippen MR) is 97.9 cm³/mol. The van der Waals surface area contributed by atoms with Crippen molar-refractivity contribution >= 4 is 17.9 Å². The molecule has 0 radical (unpaired) electrons. The number of rotatable bonds is 11. The molecule has 11 heteroatoms. The molecular weight excluding hydrogens is 392 g/mol. The number of alkyl halides is 2. The average molecular weight is 418 g/mol. The van der Waals surface area contributed by atoms with E-state index in [1.54, 1.807) is 13.8 Å². The van der Waals surface area contributed by atoms with Gasteiger partial charge in [0.15, 0.2) is 24.6 Å². The van der Waals surface area contributed by atoms with Gasteiger partial charge in [0.1, 0.15) is 0 Å². The van der Waals surface area contributed by atoms with Gasteiger partial charge in [-0.2, -0.15) is 8.78 Å². The minimum atomic E-state index is -2.97. The summed E-state index contributed by atoms with van der Waals surface area (Å²) in [5.41, 5.74) is 0.620. The Morgan fingerprint density at radius 2 is 1.79 bits per heavy atom. The van der Waals surface area contributed by atoms with Crippen LogP contribution in [0.2, 0.25) is 0 Å². The highest BCUT2D eigenvalue weighted by atomic mass is 19.3. The summed E-state index contributed by atoms with van der Waals surface area (Å²) in [5, 5.41) is 4.76. The van der Waals surface area contributed by atoms with E-state index in [0.717, 1.165) is 0 Å². The van der Waals surface area contributed by atoms with Crippen LogP contribution in [0.25, 0.3) is 0 Å². The molecule has 0 aromatic heterocycles. The molecule has 1 atom stereocenters. The van der Waals surface area contributed by atoms with Gasteiger partial charge in [-0.15, -0.1) is 0 Å². The normalized spacial score (nSPS) is 11.5. The fourth-order valence-electron chi connectivity index (χ4n) is 2.37. The molecule has 0 bridgehead atoms. The number of ether oxygens (including phenoxy) is 3. The van der Waals surface area contributed by atoms with E-state index in [2.05, 4.69) is 20.1 Å². The zero-order valence-electron chi connectivity index (χ0n) is 16.6. The van der Waals surface area contributed by atoms with Crippen molar-refractivity contribution in [2.45, 2.75) is 27.0 Å². The second kappa shape index (κ2) is 12.5. The molecule has 29 heavy (non-hydrogen) atoms. The number of amides is 3. The first kappa shape index (κ1) is 24.1. The van der Waals surface area contributed by atoms with Crippen molar-refractivity contribution in [3.05, 3.63) is 23.8 Å². The third-order valence-corrected chi connectivity index (χ3v) is 3.77. The lowest BCUT2D eigenvalue weighted by molar-refractivity contribution is -0.881. The van der Waals surface area contributed by atoms with E-state index in [4.69, 9.17) is 4.74 Å². The van der Waals surface area contributed by atoms with Gasteiger partial charge in [-0.25, -0.2) is 4.79 Å². The number of likely N-dealkylation sites (N-methyl/N-ethyl adjacent to an activating group) is 1. The highest BCUT2D eigenvalue weighted by molar-refractivity contribution is 5.92. The molecule has 0 heterocycles. The summed E-state index contributed by atoms with van der Waals surface area (Å²) in [7, 11) is 1.32. The number of benzene rings is 1. The molecule has 0 saturated heterocycles. The molecule has 0 spiro atoms. The quantitative estimate of drug-likeness (QED) is 0.470. The lowest BCUT2D eigenvalue weighted by Gasteiger charge is -2.17.